The van der Waals surface area contributed by atoms with Crippen LogP contribution in [0.4, 0.5) is 56.1 Å². The SMILES string of the molecule is Brc1cccc(Br)c1.C.C1=Nc2cccnc2C1.C[n+]1cn(-c2cccc(-n3c[n+](C)c4cccnc43)c2)c2ncccc21.C[n+]1cn(-c2cccc(-n3c[n+](C)c4cccnc43)c2)c2ncccc21.F[P-](F)(F)(F)(F)F.F[P-](F)(F)(F)(F)F.[I-].[I-].c1cc(-n2cnc3cccnc32)cc(-n2cnc3cccnc32)c1. The summed E-state index contributed by atoms with van der Waals surface area (Å²) < 4.78 is 141. The Morgan fingerprint density at radius 2 is 0.582 bits per heavy atom. The fourth-order valence-corrected chi connectivity index (χ4v) is 12.3. The number of aliphatic imine (C=N–C) groups is 1. The molecule has 0 bridgehead atoms. The summed E-state index contributed by atoms with van der Waals surface area (Å²) in [5.74, 6) is 0. The summed E-state index contributed by atoms with van der Waals surface area (Å²) in [6, 6.07) is 60.6. The zero-order chi connectivity index (χ0) is 76.2. The first-order valence-electron chi connectivity index (χ1n) is 31.7. The third kappa shape index (κ3) is 22.3. The number of rotatable bonds is 6. The van der Waals surface area contributed by atoms with Crippen molar-refractivity contribution in [3.05, 3.63) is 278 Å². The van der Waals surface area contributed by atoms with Crippen LogP contribution in [0.3, 0.4) is 0 Å². The van der Waals surface area contributed by atoms with Crippen LogP contribution in [-0.2, 0) is 34.6 Å². The number of nitrogens with zero attached hydrogens (tertiary/aromatic N) is 20. The predicted octanol–water partition coefficient (Wildman–Crippen LogP) is 13.1. The van der Waals surface area contributed by atoms with Crippen LogP contribution in [0.5, 0.6) is 0 Å². The second kappa shape index (κ2) is 32.4. The molecule has 18 rings (SSSR count). The smallest absolute Gasteiger partial charge is 0.164 e. The van der Waals surface area contributed by atoms with Crippen LogP contribution < -0.4 is 66.2 Å². The van der Waals surface area contributed by atoms with Crippen LogP contribution in [0.15, 0.2) is 277 Å². The molecule has 0 fully saturated rings. The van der Waals surface area contributed by atoms with Gasteiger partial charge in [-0.15, -0.1) is 0 Å². The minimum atomic E-state index is -10.7. The van der Waals surface area contributed by atoms with E-state index in [2.05, 4.69) is 222 Å². The Balaban J connectivity index is 0.000000157. The molecule has 0 radical (unpaired) electrons. The maximum absolute atomic E-state index is 10.7. The standard InChI is InChI=1S/2C20H18N6.C18H12N6.C7H6N2.C6H4Br2.CH4.2F6P.2HI/c2*1-23-13-25(19-17(23)8-4-10-21-19)15-6-3-7-16(12-15)26-14-24(2)18-9-5-11-22-20(18)26;1-4-13(23-11-21-15-6-2-8-19-17(15)23)10-14(5-1)24-12-22-16-7-3-9-20-18(16)24;1-2-6-7(8-4-1)3-5-9-6;7-5-2-1-3-6(8)4-5;;2*1-7(2,3,4,5)6;;/h2*3-14H,1-2H3;1-12H;1-2,4-5H,3H2;1-4H;1H4;;;2*1H/q2*+2;;;;;2*-1;;/p-2. The van der Waals surface area contributed by atoms with E-state index in [0.29, 0.717) is 0 Å². The topological polar surface area (TPSA) is 173 Å². The molecular weight excluding hydrogens is 1850 g/mol. The molecule has 0 saturated carbocycles. The molecule has 0 aliphatic carbocycles. The van der Waals surface area contributed by atoms with E-state index in [4.69, 9.17) is 0 Å². The normalized spacial score (nSPS) is 12.6. The third-order valence-corrected chi connectivity index (χ3v) is 16.6. The molecule has 1 aliphatic rings. The number of hydrogen-bond donors (Lipinski definition) is 0. The van der Waals surface area contributed by atoms with Crippen molar-refractivity contribution >= 4 is 126 Å². The van der Waals surface area contributed by atoms with Crippen LogP contribution in [0.1, 0.15) is 13.1 Å². The molecule has 0 saturated heterocycles. The molecule has 0 unspecified atom stereocenters. The Morgan fingerprint density at radius 3 is 0.873 bits per heavy atom. The number of pyridine rings is 7. The van der Waals surface area contributed by atoms with Gasteiger partial charge in [-0.1, -0.05) is 63.6 Å². The molecule has 0 spiro atoms. The molecule has 110 heavy (non-hydrogen) atoms. The van der Waals surface area contributed by atoms with Crippen LogP contribution in [0, 0.1) is 0 Å². The van der Waals surface area contributed by atoms with Gasteiger partial charge in [-0.05, 0) is 146 Å². The maximum atomic E-state index is 9.87. The van der Waals surface area contributed by atoms with E-state index in [1.54, 1.807) is 31.2 Å². The Kier molecular flexibility index (Phi) is 24.7. The van der Waals surface area contributed by atoms with Crippen LogP contribution in [-0.4, -0.2) is 78.5 Å². The quantitative estimate of drug-likeness (QED) is 0.0679. The number of fused-ring (bicyclic) bond motifs is 7. The molecule has 572 valence electrons. The first-order chi connectivity index (χ1) is 50.5. The Labute approximate surface area is 669 Å². The van der Waals surface area contributed by atoms with Gasteiger partial charge in [0.2, 0.25) is 0 Å². The van der Waals surface area contributed by atoms with Gasteiger partial charge in [0.25, 0.3) is 47.9 Å². The number of hydrogen-bond acceptors (Lipinski definition) is 10. The first-order valence-corrected chi connectivity index (χ1v) is 37.3. The Bertz CT molecular complexity index is 5620. The van der Waals surface area contributed by atoms with Crippen molar-refractivity contribution in [2.75, 3.05) is 0 Å². The zero-order valence-electron chi connectivity index (χ0n) is 57.0. The summed E-state index contributed by atoms with van der Waals surface area (Å²) in [6.45, 7) is 0. The summed E-state index contributed by atoms with van der Waals surface area (Å²) in [5, 5.41) is 0. The van der Waals surface area contributed by atoms with Crippen molar-refractivity contribution in [3.8, 4) is 34.1 Å². The number of benzene rings is 4. The average molecular weight is 1910 g/mol. The molecular formula is C72H62Br2F12I2N20P2. The molecule has 13 aromatic heterocycles. The summed E-state index contributed by atoms with van der Waals surface area (Å²) in [6.07, 6.45) is 27.3. The van der Waals surface area contributed by atoms with Crippen molar-refractivity contribution in [1.82, 2.24) is 72.3 Å². The van der Waals surface area contributed by atoms with Gasteiger partial charge in [0, 0.05) is 77.1 Å². The number of aryl methyl sites for hydroxylation is 4. The van der Waals surface area contributed by atoms with Gasteiger partial charge in [0.05, 0.1) is 50.9 Å². The van der Waals surface area contributed by atoms with E-state index >= 15 is 0 Å². The van der Waals surface area contributed by atoms with Gasteiger partial charge in [-0.25, -0.2) is 58.1 Å². The van der Waals surface area contributed by atoms with Crippen molar-refractivity contribution in [2.45, 2.75) is 13.8 Å². The number of aromatic nitrogens is 19. The van der Waals surface area contributed by atoms with Crippen LogP contribution >= 0.6 is 47.5 Å². The van der Waals surface area contributed by atoms with Crippen molar-refractivity contribution in [1.29, 1.82) is 0 Å². The van der Waals surface area contributed by atoms with E-state index in [1.807, 2.05) is 171 Å². The van der Waals surface area contributed by atoms with Crippen molar-refractivity contribution < 1.29 is 117 Å². The van der Waals surface area contributed by atoms with Gasteiger partial charge >= 0.3 is 66.0 Å². The fourth-order valence-electron chi connectivity index (χ4n) is 11.2. The monoisotopic (exact) mass is 1910 g/mol. The number of halogens is 16. The fraction of sp³-hybridized carbons (Fsp3) is 0.0833. The van der Waals surface area contributed by atoms with E-state index in [9.17, 15) is 50.4 Å². The van der Waals surface area contributed by atoms with Gasteiger partial charge in [0.15, 0.2) is 33.4 Å². The van der Waals surface area contributed by atoms with Gasteiger partial charge < -0.3 is 48.0 Å². The second-order valence-electron chi connectivity index (χ2n) is 23.6. The predicted molar refractivity (Wildman–Crippen MR) is 399 cm³/mol. The Morgan fingerprint density at radius 1 is 0.318 bits per heavy atom. The third-order valence-electron chi connectivity index (χ3n) is 15.6. The van der Waals surface area contributed by atoms with Gasteiger partial charge in [-0.2, -0.15) is 18.3 Å². The largest absolute Gasteiger partial charge is 1.00 e. The van der Waals surface area contributed by atoms with Crippen molar-refractivity contribution in [2.24, 2.45) is 33.2 Å². The molecule has 1 aliphatic heterocycles. The van der Waals surface area contributed by atoms with E-state index < -0.39 is 15.6 Å². The Hall–Kier alpha value is -10.1. The summed E-state index contributed by atoms with van der Waals surface area (Å²) in [5.41, 5.74) is 19.9. The number of imidazole rings is 6. The molecule has 17 aromatic rings. The van der Waals surface area contributed by atoms with Gasteiger partial charge in [-0.3, -0.25) is 19.1 Å². The minimum Gasteiger partial charge on any atom is -1.00 e. The summed E-state index contributed by atoms with van der Waals surface area (Å²) in [4.78, 5) is 44.1. The van der Waals surface area contributed by atoms with Gasteiger partial charge in [0.1, 0.15) is 46.4 Å². The summed E-state index contributed by atoms with van der Waals surface area (Å²) >= 11 is 6.66. The van der Waals surface area contributed by atoms with Crippen LogP contribution in [0.25, 0.3) is 101 Å². The van der Waals surface area contributed by atoms with E-state index in [1.165, 1.54) is 0 Å². The molecule has 0 amide bonds. The first kappa shape index (κ1) is 83.9. The van der Waals surface area contributed by atoms with Crippen LogP contribution in [0.2, 0.25) is 0 Å². The maximum Gasteiger partial charge on any atom is 0.164 e. The second-order valence-corrected chi connectivity index (χ2v) is 29.3. The molecule has 38 heteroatoms. The van der Waals surface area contributed by atoms with E-state index in [-0.39, 0.29) is 55.4 Å². The minimum absolute atomic E-state index is 0. The van der Waals surface area contributed by atoms with Crippen molar-refractivity contribution in [3.63, 3.8) is 0 Å². The summed E-state index contributed by atoms with van der Waals surface area (Å²) in [7, 11) is -13.2. The molecule has 0 N–H and O–H groups in total. The molecule has 4 aromatic carbocycles. The average Bonchev–Trinajstić information content (AvgIpc) is 1.73. The zero-order valence-corrected chi connectivity index (χ0v) is 66.3. The van der Waals surface area contributed by atoms with E-state index in [0.717, 1.165) is 128 Å². The molecule has 0 atom stereocenters. The molecule has 20 nitrogen and oxygen atoms in total. The molecule has 14 heterocycles.